The van der Waals surface area contributed by atoms with Crippen molar-refractivity contribution in [1.29, 1.82) is 0 Å². The zero-order valence-corrected chi connectivity index (χ0v) is 8.69. The molecule has 2 rings (SSSR count). The second-order valence-corrected chi connectivity index (χ2v) is 3.89. The van der Waals surface area contributed by atoms with E-state index in [-0.39, 0.29) is 0 Å². The van der Waals surface area contributed by atoms with Gasteiger partial charge in [0.2, 0.25) is 0 Å². The van der Waals surface area contributed by atoms with Crippen molar-refractivity contribution in [2.75, 3.05) is 13.2 Å². The van der Waals surface area contributed by atoms with E-state index in [2.05, 4.69) is 26.0 Å². The zero-order valence-electron chi connectivity index (χ0n) is 8.69. The summed E-state index contributed by atoms with van der Waals surface area (Å²) < 4.78 is 11.5. The van der Waals surface area contributed by atoms with Crippen molar-refractivity contribution in [1.82, 2.24) is 0 Å². The largest absolute Gasteiger partial charge is 0.343 e. The zero-order chi connectivity index (χ0) is 10.0. The summed E-state index contributed by atoms with van der Waals surface area (Å²) in [7, 11) is 0. The highest BCUT2D eigenvalue weighted by atomic mass is 16.7. The molecule has 0 spiro atoms. The van der Waals surface area contributed by atoms with Gasteiger partial charge in [0.15, 0.2) is 5.79 Å². The normalized spacial score (nSPS) is 20.2. The van der Waals surface area contributed by atoms with E-state index in [1.807, 2.05) is 18.2 Å². The van der Waals surface area contributed by atoms with Crippen LogP contribution in [0, 0.1) is 5.92 Å². The van der Waals surface area contributed by atoms with Gasteiger partial charge in [-0.15, -0.1) is 0 Å². The summed E-state index contributed by atoms with van der Waals surface area (Å²) in [5, 5.41) is 0. The molecule has 0 aromatic heterocycles. The molecule has 14 heavy (non-hydrogen) atoms. The molecule has 0 aliphatic carbocycles. The van der Waals surface area contributed by atoms with Crippen molar-refractivity contribution in [2.24, 2.45) is 5.92 Å². The summed E-state index contributed by atoms with van der Waals surface area (Å²) in [6.07, 6.45) is 0. The topological polar surface area (TPSA) is 18.5 Å². The first-order chi connectivity index (χ1) is 6.76. The van der Waals surface area contributed by atoms with Crippen molar-refractivity contribution in [3.63, 3.8) is 0 Å². The highest BCUT2D eigenvalue weighted by Gasteiger charge is 2.41. The average Bonchev–Trinajstić information content (AvgIpc) is 2.69. The van der Waals surface area contributed by atoms with Gasteiger partial charge >= 0.3 is 0 Å². The van der Waals surface area contributed by atoms with E-state index in [0.717, 1.165) is 5.56 Å². The van der Waals surface area contributed by atoms with Gasteiger partial charge in [0.05, 0.1) is 13.2 Å². The fraction of sp³-hybridized carbons (Fsp3) is 0.500. The molecular formula is C12H16O2. The van der Waals surface area contributed by atoms with E-state index in [0.29, 0.717) is 19.1 Å². The molecule has 1 aromatic rings. The van der Waals surface area contributed by atoms with Crippen LogP contribution in [0.15, 0.2) is 30.3 Å². The monoisotopic (exact) mass is 192 g/mol. The lowest BCUT2D eigenvalue weighted by molar-refractivity contribution is -0.197. The molecule has 1 heterocycles. The Bertz CT molecular complexity index is 286. The minimum absolute atomic E-state index is 0.326. The van der Waals surface area contributed by atoms with Gasteiger partial charge in [-0.1, -0.05) is 44.2 Å². The van der Waals surface area contributed by atoms with Gasteiger partial charge in [0, 0.05) is 11.5 Å². The summed E-state index contributed by atoms with van der Waals surface area (Å²) in [6.45, 7) is 5.62. The van der Waals surface area contributed by atoms with E-state index < -0.39 is 5.79 Å². The van der Waals surface area contributed by atoms with Crippen molar-refractivity contribution in [2.45, 2.75) is 19.6 Å². The van der Waals surface area contributed by atoms with Crippen molar-refractivity contribution in [3.8, 4) is 0 Å². The lowest BCUT2D eigenvalue weighted by atomic mass is 9.94. The summed E-state index contributed by atoms with van der Waals surface area (Å²) in [5.74, 6) is -0.186. The fourth-order valence-electron chi connectivity index (χ4n) is 1.93. The third-order valence-corrected chi connectivity index (χ3v) is 2.65. The average molecular weight is 192 g/mol. The molecule has 0 unspecified atom stereocenters. The fourth-order valence-corrected chi connectivity index (χ4v) is 1.93. The Morgan fingerprint density at radius 2 is 1.64 bits per heavy atom. The van der Waals surface area contributed by atoms with E-state index >= 15 is 0 Å². The summed E-state index contributed by atoms with van der Waals surface area (Å²) in [6, 6.07) is 10.2. The lowest BCUT2D eigenvalue weighted by Crippen LogP contribution is -2.33. The first-order valence-corrected chi connectivity index (χ1v) is 5.09. The molecule has 1 aliphatic rings. The Kier molecular flexibility index (Phi) is 2.57. The molecule has 2 nitrogen and oxygen atoms in total. The van der Waals surface area contributed by atoms with E-state index in [4.69, 9.17) is 9.47 Å². The van der Waals surface area contributed by atoms with Crippen molar-refractivity contribution >= 4 is 0 Å². The Morgan fingerprint density at radius 3 is 2.14 bits per heavy atom. The lowest BCUT2D eigenvalue weighted by Gasteiger charge is -2.31. The molecule has 0 N–H and O–H groups in total. The van der Waals surface area contributed by atoms with Gasteiger partial charge in [-0.25, -0.2) is 0 Å². The van der Waals surface area contributed by atoms with Crippen LogP contribution in [0.5, 0.6) is 0 Å². The van der Waals surface area contributed by atoms with Crippen LogP contribution in [-0.2, 0) is 15.3 Å². The summed E-state index contributed by atoms with van der Waals surface area (Å²) in [5.41, 5.74) is 1.12. The minimum Gasteiger partial charge on any atom is -0.343 e. The number of hydrogen-bond donors (Lipinski definition) is 0. The Morgan fingerprint density at radius 1 is 1.07 bits per heavy atom. The highest BCUT2D eigenvalue weighted by Crippen LogP contribution is 2.37. The van der Waals surface area contributed by atoms with E-state index in [1.54, 1.807) is 0 Å². The quantitative estimate of drug-likeness (QED) is 0.717. The molecule has 1 saturated heterocycles. The minimum atomic E-state index is -0.513. The van der Waals surface area contributed by atoms with Gasteiger partial charge in [-0.2, -0.15) is 0 Å². The molecule has 0 amide bonds. The molecule has 1 fully saturated rings. The maximum atomic E-state index is 5.77. The molecule has 1 aliphatic heterocycles. The van der Waals surface area contributed by atoms with Crippen molar-refractivity contribution in [3.05, 3.63) is 35.9 Å². The van der Waals surface area contributed by atoms with Crippen molar-refractivity contribution < 1.29 is 9.47 Å². The van der Waals surface area contributed by atoms with Crippen LogP contribution in [0.2, 0.25) is 0 Å². The number of ether oxygens (including phenoxy) is 2. The summed E-state index contributed by atoms with van der Waals surface area (Å²) >= 11 is 0. The van der Waals surface area contributed by atoms with Gasteiger partial charge in [0.1, 0.15) is 0 Å². The van der Waals surface area contributed by atoms with Gasteiger partial charge in [-0.05, 0) is 0 Å². The third-order valence-electron chi connectivity index (χ3n) is 2.65. The van der Waals surface area contributed by atoms with Crippen LogP contribution >= 0.6 is 0 Å². The van der Waals surface area contributed by atoms with E-state index in [1.165, 1.54) is 0 Å². The highest BCUT2D eigenvalue weighted by molar-refractivity contribution is 5.21. The van der Waals surface area contributed by atoms with Crippen LogP contribution in [0.3, 0.4) is 0 Å². The SMILES string of the molecule is CC(C)C1(c2ccccc2)OCCO1. The van der Waals surface area contributed by atoms with Crippen LogP contribution in [0.4, 0.5) is 0 Å². The molecule has 0 radical (unpaired) electrons. The molecule has 0 bridgehead atoms. The van der Waals surface area contributed by atoms with Gasteiger partial charge < -0.3 is 9.47 Å². The second kappa shape index (κ2) is 3.71. The van der Waals surface area contributed by atoms with Gasteiger partial charge in [-0.3, -0.25) is 0 Å². The van der Waals surface area contributed by atoms with Gasteiger partial charge in [0.25, 0.3) is 0 Å². The Balaban J connectivity index is 2.36. The molecule has 76 valence electrons. The smallest absolute Gasteiger partial charge is 0.197 e. The number of rotatable bonds is 2. The number of hydrogen-bond acceptors (Lipinski definition) is 2. The standard InChI is InChI=1S/C12H16O2/c1-10(2)12(13-8-9-14-12)11-6-4-3-5-7-11/h3-7,10H,8-9H2,1-2H3. The maximum absolute atomic E-state index is 5.77. The Labute approximate surface area is 84.8 Å². The Hall–Kier alpha value is -0.860. The predicted molar refractivity (Wildman–Crippen MR) is 54.9 cm³/mol. The molecule has 1 aromatic carbocycles. The second-order valence-electron chi connectivity index (χ2n) is 3.89. The first kappa shape index (κ1) is 9.69. The van der Waals surface area contributed by atoms with Crippen LogP contribution < -0.4 is 0 Å². The molecular weight excluding hydrogens is 176 g/mol. The summed E-state index contributed by atoms with van der Waals surface area (Å²) in [4.78, 5) is 0. The third kappa shape index (κ3) is 1.45. The number of benzene rings is 1. The van der Waals surface area contributed by atoms with Crippen LogP contribution in [0.25, 0.3) is 0 Å². The molecule has 0 saturated carbocycles. The van der Waals surface area contributed by atoms with E-state index in [9.17, 15) is 0 Å². The molecule has 2 heteroatoms. The van der Waals surface area contributed by atoms with Crippen LogP contribution in [0.1, 0.15) is 19.4 Å². The first-order valence-electron chi connectivity index (χ1n) is 5.09. The van der Waals surface area contributed by atoms with Crippen LogP contribution in [-0.4, -0.2) is 13.2 Å². The maximum Gasteiger partial charge on any atom is 0.197 e. The molecule has 0 atom stereocenters. The predicted octanol–water partition coefficient (Wildman–Crippen LogP) is 2.54.